The summed E-state index contributed by atoms with van der Waals surface area (Å²) in [4.78, 5) is 18.8. The van der Waals surface area contributed by atoms with Crippen molar-refractivity contribution in [2.75, 3.05) is 25.0 Å². The lowest BCUT2D eigenvalue weighted by molar-refractivity contribution is 0.292. The Balaban J connectivity index is 1.29. The van der Waals surface area contributed by atoms with Crippen molar-refractivity contribution in [3.05, 3.63) is 78.5 Å². The lowest BCUT2D eigenvalue weighted by Gasteiger charge is -2.32. The molecule has 2 saturated heterocycles. The molecular weight excluding hydrogens is 510 g/mol. The number of likely N-dealkylation sites (tertiary alicyclic amines) is 1. The van der Waals surface area contributed by atoms with Gasteiger partial charge in [0.15, 0.2) is 5.65 Å². The van der Waals surface area contributed by atoms with Gasteiger partial charge in [0, 0.05) is 66.5 Å². The van der Waals surface area contributed by atoms with Gasteiger partial charge in [-0.05, 0) is 55.4 Å². The van der Waals surface area contributed by atoms with Crippen LogP contribution in [0.4, 0.5) is 5.82 Å². The predicted molar refractivity (Wildman–Crippen MR) is 152 cm³/mol. The van der Waals surface area contributed by atoms with Crippen LogP contribution < -0.4 is 4.90 Å². The molecule has 0 aliphatic carbocycles. The number of hydrogen-bond acceptors (Lipinski definition) is 7. The van der Waals surface area contributed by atoms with E-state index in [9.17, 15) is 0 Å². The first kappa shape index (κ1) is 22.6. The number of benzene rings is 1. The average molecular weight is 534 g/mol. The van der Waals surface area contributed by atoms with Crippen molar-refractivity contribution in [1.82, 2.24) is 39.7 Å². The lowest BCUT2D eigenvalue weighted by atomic mass is 9.99. The molecule has 2 aliphatic heterocycles. The van der Waals surface area contributed by atoms with Crippen LogP contribution in [-0.4, -0.2) is 71.9 Å². The molecule has 192 valence electrons. The monoisotopic (exact) mass is 533 g/mol. The summed E-state index contributed by atoms with van der Waals surface area (Å²) in [7, 11) is 2.22. The number of halogens is 1. The molecule has 0 spiro atoms. The van der Waals surface area contributed by atoms with E-state index in [0.29, 0.717) is 17.1 Å². The van der Waals surface area contributed by atoms with Crippen LogP contribution in [0.1, 0.15) is 6.42 Å². The van der Waals surface area contributed by atoms with Gasteiger partial charge in [0.2, 0.25) is 0 Å². The van der Waals surface area contributed by atoms with Gasteiger partial charge in [-0.2, -0.15) is 10.2 Å². The second-order valence-corrected chi connectivity index (χ2v) is 10.7. The average Bonchev–Trinajstić information content (AvgIpc) is 3.77. The van der Waals surface area contributed by atoms with Crippen molar-refractivity contribution >= 4 is 34.0 Å². The molecule has 6 aromatic rings. The number of pyridine rings is 2. The summed E-state index contributed by atoms with van der Waals surface area (Å²) in [5.41, 5.74) is 7.05. The summed E-state index contributed by atoms with van der Waals surface area (Å²) < 4.78 is 1.91. The van der Waals surface area contributed by atoms with Crippen LogP contribution >= 0.6 is 11.6 Å². The number of likely N-dealkylation sites (N-methyl/N-ethyl adjacent to an activating group) is 1. The van der Waals surface area contributed by atoms with Gasteiger partial charge in [-0.3, -0.25) is 15.0 Å². The Morgan fingerprint density at radius 2 is 1.79 bits per heavy atom. The molecule has 2 fully saturated rings. The molecule has 0 saturated carbocycles. The summed E-state index contributed by atoms with van der Waals surface area (Å²) in [6, 6.07) is 15.2. The molecule has 0 amide bonds. The number of hydrogen-bond donors (Lipinski definition) is 1. The molecule has 8 rings (SSSR count). The number of anilines is 1. The van der Waals surface area contributed by atoms with Crippen LogP contribution in [-0.2, 0) is 0 Å². The van der Waals surface area contributed by atoms with Crippen molar-refractivity contribution in [1.29, 1.82) is 0 Å². The smallest absolute Gasteiger partial charge is 0.164 e. The maximum atomic E-state index is 6.47. The van der Waals surface area contributed by atoms with Crippen molar-refractivity contribution < 1.29 is 0 Å². The number of H-pyrrole nitrogens is 1. The van der Waals surface area contributed by atoms with E-state index < -0.39 is 0 Å². The molecular formula is C29H24ClN9. The van der Waals surface area contributed by atoms with Crippen LogP contribution in [0.2, 0.25) is 5.02 Å². The lowest BCUT2D eigenvalue weighted by Crippen LogP contribution is -2.44. The van der Waals surface area contributed by atoms with Crippen LogP contribution in [0.25, 0.3) is 50.2 Å². The summed E-state index contributed by atoms with van der Waals surface area (Å²) in [5.74, 6) is 1.03. The van der Waals surface area contributed by atoms with Crippen LogP contribution in [0, 0.1) is 0 Å². The van der Waals surface area contributed by atoms with E-state index in [0.717, 1.165) is 69.1 Å². The number of nitrogens with zero attached hydrogens (tertiary/aromatic N) is 8. The minimum Gasteiger partial charge on any atom is -0.351 e. The Morgan fingerprint density at radius 1 is 0.897 bits per heavy atom. The minimum atomic E-state index is 0.543. The van der Waals surface area contributed by atoms with Gasteiger partial charge in [-0.25, -0.2) is 14.5 Å². The van der Waals surface area contributed by atoms with Crippen molar-refractivity contribution in [3.63, 3.8) is 0 Å². The second kappa shape index (κ2) is 8.59. The molecule has 9 nitrogen and oxygen atoms in total. The van der Waals surface area contributed by atoms with E-state index in [1.807, 2.05) is 47.2 Å². The first-order chi connectivity index (χ1) is 19.2. The van der Waals surface area contributed by atoms with Crippen LogP contribution in [0.15, 0.2) is 73.4 Å². The maximum absolute atomic E-state index is 6.47. The normalized spacial score (nSPS) is 19.1. The van der Waals surface area contributed by atoms with E-state index in [4.69, 9.17) is 26.7 Å². The van der Waals surface area contributed by atoms with E-state index in [-0.39, 0.29) is 0 Å². The zero-order valence-corrected chi connectivity index (χ0v) is 21.9. The minimum absolute atomic E-state index is 0.543. The SMILES string of the molecule is CN1CC2CC1CN2c1ccc(-c2ccnc3c(-c4ccc(Cl)c5[nH]ncc45)c(-c4ccncc4)nn23)cn1. The van der Waals surface area contributed by atoms with Crippen molar-refractivity contribution in [3.8, 4) is 33.6 Å². The number of fused-ring (bicyclic) bond motifs is 4. The van der Waals surface area contributed by atoms with E-state index in [1.165, 1.54) is 6.42 Å². The Kier molecular flexibility index (Phi) is 4.98. The standard InChI is InChI=1S/C29H24ClN9/c1-37-15-20-12-19(37)16-38(20)25-5-2-18(13-33-25)24-8-11-32-29-26(21-3-4-23(30)28-22(21)14-34-35-28)27(36-39(24)29)17-6-9-31-10-7-17/h2-11,13-14,19-20H,12,15-16H2,1H3,(H,34,35). The van der Waals surface area contributed by atoms with Gasteiger partial charge >= 0.3 is 0 Å². The van der Waals surface area contributed by atoms with E-state index >= 15 is 0 Å². The van der Waals surface area contributed by atoms with Gasteiger partial charge in [0.05, 0.1) is 28.0 Å². The van der Waals surface area contributed by atoms with E-state index in [2.05, 4.69) is 44.2 Å². The topological polar surface area (TPSA) is 91.1 Å². The van der Waals surface area contributed by atoms with Crippen molar-refractivity contribution in [2.24, 2.45) is 0 Å². The molecule has 2 bridgehead atoms. The van der Waals surface area contributed by atoms with Crippen LogP contribution in [0.5, 0.6) is 0 Å². The highest BCUT2D eigenvalue weighted by atomic mass is 35.5. The third kappa shape index (κ3) is 3.47. The second-order valence-electron chi connectivity index (χ2n) is 10.3. The molecule has 10 heteroatoms. The fourth-order valence-corrected chi connectivity index (χ4v) is 6.40. The molecule has 2 atom stereocenters. The first-order valence-corrected chi connectivity index (χ1v) is 13.4. The van der Waals surface area contributed by atoms with Gasteiger partial charge in [0.25, 0.3) is 0 Å². The summed E-state index contributed by atoms with van der Waals surface area (Å²) in [6.07, 6.45) is 10.3. The molecule has 5 aromatic heterocycles. The molecule has 7 heterocycles. The van der Waals surface area contributed by atoms with Crippen molar-refractivity contribution in [2.45, 2.75) is 18.5 Å². The summed E-state index contributed by atoms with van der Waals surface area (Å²) in [6.45, 7) is 2.13. The Labute approximate surface area is 229 Å². The number of rotatable bonds is 4. The molecule has 39 heavy (non-hydrogen) atoms. The number of aromatic nitrogens is 7. The first-order valence-electron chi connectivity index (χ1n) is 13.0. The highest BCUT2D eigenvalue weighted by Crippen LogP contribution is 2.40. The zero-order valence-electron chi connectivity index (χ0n) is 21.2. The molecule has 0 radical (unpaired) electrons. The van der Waals surface area contributed by atoms with Gasteiger partial charge in [-0.1, -0.05) is 17.7 Å². The number of piperazine rings is 1. The summed E-state index contributed by atoms with van der Waals surface area (Å²) >= 11 is 6.47. The third-order valence-corrected chi connectivity index (χ3v) is 8.47. The summed E-state index contributed by atoms with van der Waals surface area (Å²) in [5, 5.41) is 13.9. The van der Waals surface area contributed by atoms with Gasteiger partial charge in [-0.15, -0.1) is 0 Å². The third-order valence-electron chi connectivity index (χ3n) is 8.16. The molecule has 1 aromatic carbocycles. The molecule has 1 N–H and O–H groups in total. The number of aromatic amines is 1. The van der Waals surface area contributed by atoms with E-state index in [1.54, 1.807) is 18.6 Å². The van der Waals surface area contributed by atoms with Gasteiger partial charge in [0.1, 0.15) is 11.5 Å². The number of nitrogens with one attached hydrogen (secondary N) is 1. The highest BCUT2D eigenvalue weighted by Gasteiger charge is 2.41. The zero-order chi connectivity index (χ0) is 26.1. The Morgan fingerprint density at radius 3 is 2.56 bits per heavy atom. The molecule has 2 aliphatic rings. The maximum Gasteiger partial charge on any atom is 0.164 e. The predicted octanol–water partition coefficient (Wildman–Crippen LogP) is 4.94. The molecule has 2 unspecified atom stereocenters. The fraction of sp³-hybridized carbons (Fsp3) is 0.207. The Bertz CT molecular complexity index is 1840. The Hall–Kier alpha value is -4.34. The van der Waals surface area contributed by atoms with Crippen LogP contribution in [0.3, 0.4) is 0 Å². The largest absolute Gasteiger partial charge is 0.351 e. The van der Waals surface area contributed by atoms with Gasteiger partial charge < -0.3 is 4.90 Å². The quantitative estimate of drug-likeness (QED) is 0.343. The fourth-order valence-electron chi connectivity index (χ4n) is 6.20. The highest BCUT2D eigenvalue weighted by molar-refractivity contribution is 6.35.